The molecule has 1 aromatic carbocycles. The van der Waals surface area contributed by atoms with Crippen molar-refractivity contribution in [3.63, 3.8) is 0 Å². The molecule has 0 saturated carbocycles. The lowest BCUT2D eigenvalue weighted by Crippen LogP contribution is -2.15. The molecule has 0 amide bonds. The second-order valence-electron chi connectivity index (χ2n) is 4.21. The molecule has 0 atom stereocenters. The van der Waals surface area contributed by atoms with Gasteiger partial charge in [0.2, 0.25) is 0 Å². The quantitative estimate of drug-likeness (QED) is 0.617. The van der Waals surface area contributed by atoms with Gasteiger partial charge in [0.05, 0.1) is 15.5 Å². The van der Waals surface area contributed by atoms with E-state index in [0.29, 0.717) is 0 Å². The number of nitrogens with zero attached hydrogens (tertiary/aromatic N) is 2. The lowest BCUT2D eigenvalue weighted by Gasteiger charge is -2.09. The van der Waals surface area contributed by atoms with Crippen LogP contribution >= 0.6 is 11.6 Å². The Morgan fingerprint density at radius 2 is 2.00 bits per heavy atom. The summed E-state index contributed by atoms with van der Waals surface area (Å²) in [6.45, 7) is 0. The third-order valence-corrected chi connectivity index (χ3v) is 4.50. The fourth-order valence-corrected chi connectivity index (χ4v) is 3.12. The molecule has 0 fully saturated rings. The molecular formula is C12H8ClN3O6S. The number of anilines is 1. The van der Waals surface area contributed by atoms with E-state index in [1.807, 2.05) is 0 Å². The Morgan fingerprint density at radius 1 is 1.30 bits per heavy atom. The number of rotatable bonds is 5. The first-order valence-electron chi connectivity index (χ1n) is 5.87. The monoisotopic (exact) mass is 357 g/mol. The summed E-state index contributed by atoms with van der Waals surface area (Å²) in [7, 11) is -4.21. The van der Waals surface area contributed by atoms with Crippen LogP contribution in [0.5, 0.6) is 0 Å². The minimum atomic E-state index is -4.21. The summed E-state index contributed by atoms with van der Waals surface area (Å²) in [6.07, 6.45) is 0.882. The highest BCUT2D eigenvalue weighted by Gasteiger charge is 2.21. The maximum Gasteiger partial charge on any atom is 0.335 e. The molecule has 0 bridgehead atoms. The van der Waals surface area contributed by atoms with Gasteiger partial charge in [-0.15, -0.1) is 0 Å². The molecule has 11 heteroatoms. The lowest BCUT2D eigenvalue weighted by molar-refractivity contribution is -0.385. The first-order valence-corrected chi connectivity index (χ1v) is 7.73. The van der Waals surface area contributed by atoms with Gasteiger partial charge in [-0.1, -0.05) is 11.6 Å². The Bertz CT molecular complexity index is 882. The van der Waals surface area contributed by atoms with E-state index in [-0.39, 0.29) is 22.1 Å². The van der Waals surface area contributed by atoms with Gasteiger partial charge in [0.25, 0.3) is 15.7 Å². The third-order valence-electron chi connectivity index (χ3n) is 2.67. The standard InChI is InChI=1S/C12H8ClN3O6S/c13-9-3-1-7(12(17)18)5-10(9)23(21,22)15-11-4-2-8(6-14-11)16(19)20/h1-6H,(H,14,15)(H,17,18). The molecule has 2 rings (SSSR count). The Labute approximate surface area is 134 Å². The molecule has 0 saturated heterocycles. The second kappa shape index (κ2) is 6.18. The van der Waals surface area contributed by atoms with Gasteiger partial charge in [-0.2, -0.15) is 0 Å². The Balaban J connectivity index is 2.37. The number of aromatic carboxylic acids is 1. The number of pyridine rings is 1. The number of sulfonamides is 1. The zero-order valence-electron chi connectivity index (χ0n) is 11.1. The number of carboxylic acid groups (broad SMARTS) is 1. The summed E-state index contributed by atoms with van der Waals surface area (Å²) in [4.78, 5) is 23.9. The highest BCUT2D eigenvalue weighted by molar-refractivity contribution is 7.92. The second-order valence-corrected chi connectivity index (χ2v) is 6.27. The molecular weight excluding hydrogens is 350 g/mol. The van der Waals surface area contributed by atoms with Gasteiger partial charge in [-0.05, 0) is 24.3 Å². The number of halogens is 1. The number of benzene rings is 1. The van der Waals surface area contributed by atoms with Gasteiger partial charge in [-0.25, -0.2) is 18.2 Å². The molecule has 0 aliphatic carbocycles. The molecule has 0 aliphatic heterocycles. The van der Waals surface area contributed by atoms with Gasteiger partial charge in [-0.3, -0.25) is 14.8 Å². The van der Waals surface area contributed by atoms with Crippen molar-refractivity contribution >= 4 is 39.1 Å². The zero-order chi connectivity index (χ0) is 17.2. The van der Waals surface area contributed by atoms with Crippen molar-refractivity contribution < 1.29 is 23.2 Å². The Kier molecular flexibility index (Phi) is 4.48. The number of nitrogens with one attached hydrogen (secondary N) is 1. The van der Waals surface area contributed by atoms with E-state index < -0.39 is 25.8 Å². The van der Waals surface area contributed by atoms with Crippen LogP contribution in [0.2, 0.25) is 5.02 Å². The minimum absolute atomic E-state index is 0.174. The smallest absolute Gasteiger partial charge is 0.335 e. The number of hydrogen-bond donors (Lipinski definition) is 2. The molecule has 1 aromatic heterocycles. The van der Waals surface area contributed by atoms with Crippen LogP contribution in [0.25, 0.3) is 0 Å². The van der Waals surface area contributed by atoms with Crippen molar-refractivity contribution in [3.05, 3.63) is 57.2 Å². The number of hydrogen-bond acceptors (Lipinski definition) is 6. The van der Waals surface area contributed by atoms with Crippen LogP contribution in [0, 0.1) is 10.1 Å². The molecule has 0 spiro atoms. The van der Waals surface area contributed by atoms with Crippen LogP contribution in [0.1, 0.15) is 10.4 Å². The van der Waals surface area contributed by atoms with Crippen LogP contribution in [-0.4, -0.2) is 29.4 Å². The molecule has 0 unspecified atom stereocenters. The van der Waals surface area contributed by atoms with Crippen LogP contribution in [0.4, 0.5) is 11.5 Å². The van der Waals surface area contributed by atoms with Crippen molar-refractivity contribution in [2.75, 3.05) is 4.72 Å². The van der Waals surface area contributed by atoms with Crippen LogP contribution in [0.15, 0.2) is 41.4 Å². The fourth-order valence-electron chi connectivity index (χ4n) is 1.59. The third kappa shape index (κ3) is 3.73. The summed E-state index contributed by atoms with van der Waals surface area (Å²) < 4.78 is 26.6. The van der Waals surface area contributed by atoms with Crippen molar-refractivity contribution in [2.45, 2.75) is 4.90 Å². The largest absolute Gasteiger partial charge is 0.478 e. The zero-order valence-corrected chi connectivity index (χ0v) is 12.7. The maximum absolute atomic E-state index is 12.3. The number of carbonyl (C=O) groups is 1. The molecule has 23 heavy (non-hydrogen) atoms. The SMILES string of the molecule is O=C(O)c1ccc(Cl)c(S(=O)(=O)Nc2ccc([N+](=O)[O-])cn2)c1. The number of carboxylic acids is 1. The molecule has 1 heterocycles. The van der Waals surface area contributed by atoms with E-state index in [4.69, 9.17) is 16.7 Å². The Morgan fingerprint density at radius 3 is 2.52 bits per heavy atom. The first-order chi connectivity index (χ1) is 10.7. The van der Waals surface area contributed by atoms with Gasteiger partial charge in [0.1, 0.15) is 16.9 Å². The predicted octanol–water partition coefficient (Wildman–Crippen LogP) is 2.14. The van der Waals surface area contributed by atoms with Gasteiger partial charge >= 0.3 is 5.97 Å². The average Bonchev–Trinajstić information content (AvgIpc) is 2.47. The highest BCUT2D eigenvalue weighted by atomic mass is 35.5. The van der Waals surface area contributed by atoms with Crippen molar-refractivity contribution in [2.24, 2.45) is 0 Å². The van der Waals surface area contributed by atoms with Crippen LogP contribution in [0.3, 0.4) is 0 Å². The van der Waals surface area contributed by atoms with Crippen LogP contribution in [-0.2, 0) is 10.0 Å². The lowest BCUT2D eigenvalue weighted by atomic mass is 10.2. The fraction of sp³-hybridized carbons (Fsp3) is 0. The van der Waals surface area contributed by atoms with E-state index in [9.17, 15) is 23.3 Å². The molecule has 2 N–H and O–H groups in total. The summed E-state index contributed by atoms with van der Waals surface area (Å²) in [5, 5.41) is 19.2. The molecule has 9 nitrogen and oxygen atoms in total. The molecule has 120 valence electrons. The molecule has 0 radical (unpaired) electrons. The summed E-state index contributed by atoms with van der Waals surface area (Å²) in [6, 6.07) is 5.37. The van der Waals surface area contributed by atoms with Gasteiger partial charge in [0, 0.05) is 6.07 Å². The van der Waals surface area contributed by atoms with Crippen LogP contribution < -0.4 is 4.72 Å². The van der Waals surface area contributed by atoms with Gasteiger partial charge < -0.3 is 5.11 Å². The van der Waals surface area contributed by atoms with E-state index >= 15 is 0 Å². The normalized spacial score (nSPS) is 11.0. The summed E-state index contributed by atoms with van der Waals surface area (Å²) in [5.74, 6) is -1.49. The van der Waals surface area contributed by atoms with Crippen molar-refractivity contribution in [1.29, 1.82) is 0 Å². The average molecular weight is 358 g/mol. The maximum atomic E-state index is 12.3. The van der Waals surface area contributed by atoms with Crippen molar-refractivity contribution in [1.82, 2.24) is 4.98 Å². The topological polar surface area (TPSA) is 140 Å². The van der Waals surface area contributed by atoms with E-state index in [0.717, 1.165) is 36.5 Å². The summed E-state index contributed by atoms with van der Waals surface area (Å²) >= 11 is 5.80. The molecule has 2 aromatic rings. The van der Waals surface area contributed by atoms with Crippen molar-refractivity contribution in [3.8, 4) is 0 Å². The number of nitro groups is 1. The van der Waals surface area contributed by atoms with E-state index in [1.54, 1.807) is 0 Å². The highest BCUT2D eigenvalue weighted by Crippen LogP contribution is 2.25. The first kappa shape index (κ1) is 16.6. The minimum Gasteiger partial charge on any atom is -0.478 e. The van der Waals surface area contributed by atoms with E-state index in [1.165, 1.54) is 0 Å². The predicted molar refractivity (Wildman–Crippen MR) is 80.1 cm³/mol. The summed E-state index contributed by atoms with van der Waals surface area (Å²) in [5.41, 5.74) is -0.565. The molecule has 0 aliphatic rings. The Hall–Kier alpha value is -2.72. The number of aromatic nitrogens is 1. The van der Waals surface area contributed by atoms with E-state index in [2.05, 4.69) is 9.71 Å². The van der Waals surface area contributed by atoms with Gasteiger partial charge in [0.15, 0.2) is 0 Å².